The molecule has 0 amide bonds. The summed E-state index contributed by atoms with van der Waals surface area (Å²) in [5, 5.41) is 10.2. The summed E-state index contributed by atoms with van der Waals surface area (Å²) in [5.41, 5.74) is 1.12. The number of aliphatic hydroxyl groups is 1. The molecule has 1 fully saturated rings. The number of hydrogen-bond donors (Lipinski definition) is 1. The van der Waals surface area contributed by atoms with E-state index in [1.54, 1.807) is 12.5 Å². The third kappa shape index (κ3) is 2.88. The number of aliphatic hydroxyl groups excluding tert-OH is 1. The van der Waals surface area contributed by atoms with Gasteiger partial charge in [-0.15, -0.1) is 0 Å². The van der Waals surface area contributed by atoms with Crippen molar-refractivity contribution in [2.45, 2.75) is 51.6 Å². The van der Waals surface area contributed by atoms with Crippen LogP contribution in [0.2, 0.25) is 0 Å². The molecule has 3 atom stereocenters. The van der Waals surface area contributed by atoms with Gasteiger partial charge in [0, 0.05) is 6.42 Å². The highest BCUT2D eigenvalue weighted by Gasteiger charge is 2.26. The van der Waals surface area contributed by atoms with E-state index in [2.05, 4.69) is 6.92 Å². The molecule has 1 saturated carbocycles. The summed E-state index contributed by atoms with van der Waals surface area (Å²) in [7, 11) is 0. The topological polar surface area (TPSA) is 33.4 Å². The third-order valence-electron chi connectivity index (χ3n) is 3.97. The van der Waals surface area contributed by atoms with Gasteiger partial charge in [0.1, 0.15) is 0 Å². The van der Waals surface area contributed by atoms with Crippen molar-refractivity contribution in [2.75, 3.05) is 0 Å². The van der Waals surface area contributed by atoms with Crippen molar-refractivity contribution in [3.63, 3.8) is 0 Å². The van der Waals surface area contributed by atoms with Crippen molar-refractivity contribution in [3.05, 3.63) is 24.2 Å². The van der Waals surface area contributed by atoms with E-state index in [1.807, 2.05) is 6.07 Å². The van der Waals surface area contributed by atoms with E-state index >= 15 is 0 Å². The number of rotatable bonds is 4. The summed E-state index contributed by atoms with van der Waals surface area (Å²) in [6.07, 6.45) is 10.3. The normalized spacial score (nSPS) is 27.9. The average molecular weight is 222 g/mol. The predicted molar refractivity (Wildman–Crippen MR) is 64.2 cm³/mol. The third-order valence-corrected chi connectivity index (χ3v) is 3.97. The van der Waals surface area contributed by atoms with Gasteiger partial charge in [0.2, 0.25) is 0 Å². The van der Waals surface area contributed by atoms with Gasteiger partial charge in [-0.1, -0.05) is 26.2 Å². The van der Waals surface area contributed by atoms with Crippen LogP contribution in [-0.2, 0) is 6.42 Å². The first-order valence-electron chi connectivity index (χ1n) is 6.48. The van der Waals surface area contributed by atoms with Gasteiger partial charge >= 0.3 is 0 Å². The van der Waals surface area contributed by atoms with Crippen LogP contribution >= 0.6 is 0 Å². The fourth-order valence-electron chi connectivity index (χ4n) is 2.87. The monoisotopic (exact) mass is 222 g/mol. The first-order valence-corrected chi connectivity index (χ1v) is 6.48. The van der Waals surface area contributed by atoms with E-state index in [9.17, 15) is 5.11 Å². The van der Waals surface area contributed by atoms with Gasteiger partial charge in [0.25, 0.3) is 0 Å². The van der Waals surface area contributed by atoms with Crippen LogP contribution in [-0.4, -0.2) is 11.2 Å². The summed E-state index contributed by atoms with van der Waals surface area (Å²) in [4.78, 5) is 0. The Balaban J connectivity index is 1.86. The lowest BCUT2D eigenvalue weighted by Crippen LogP contribution is -2.28. The van der Waals surface area contributed by atoms with Crippen molar-refractivity contribution in [1.29, 1.82) is 0 Å². The van der Waals surface area contributed by atoms with Crippen LogP contribution in [0.15, 0.2) is 23.0 Å². The Labute approximate surface area is 97.7 Å². The molecule has 90 valence electrons. The Kier molecular flexibility index (Phi) is 4.05. The SMILES string of the molecule is CCC1CCCC(C(O)Cc2ccoc2)C1. The molecule has 1 aliphatic rings. The smallest absolute Gasteiger partial charge is 0.0935 e. The van der Waals surface area contributed by atoms with E-state index < -0.39 is 0 Å². The minimum Gasteiger partial charge on any atom is -0.472 e. The van der Waals surface area contributed by atoms with Crippen LogP contribution in [0.1, 0.15) is 44.6 Å². The molecule has 0 aliphatic heterocycles. The molecule has 0 bridgehead atoms. The van der Waals surface area contributed by atoms with Crippen LogP contribution < -0.4 is 0 Å². The number of furan rings is 1. The molecular weight excluding hydrogens is 200 g/mol. The van der Waals surface area contributed by atoms with Crippen LogP contribution in [0.4, 0.5) is 0 Å². The van der Waals surface area contributed by atoms with E-state index in [4.69, 9.17) is 4.42 Å². The minimum absolute atomic E-state index is 0.188. The predicted octanol–water partition coefficient (Wildman–Crippen LogP) is 3.40. The van der Waals surface area contributed by atoms with Crippen LogP contribution in [0.25, 0.3) is 0 Å². The van der Waals surface area contributed by atoms with Crippen LogP contribution in [0, 0.1) is 11.8 Å². The zero-order valence-electron chi connectivity index (χ0n) is 10.1. The molecule has 0 aromatic carbocycles. The zero-order chi connectivity index (χ0) is 11.4. The first-order chi connectivity index (χ1) is 7.79. The Morgan fingerprint density at radius 2 is 2.38 bits per heavy atom. The summed E-state index contributed by atoms with van der Waals surface area (Å²) >= 11 is 0. The molecule has 0 saturated heterocycles. The molecule has 3 unspecified atom stereocenters. The highest BCUT2D eigenvalue weighted by Crippen LogP contribution is 2.33. The second-order valence-corrected chi connectivity index (χ2v) is 5.10. The van der Waals surface area contributed by atoms with Crippen molar-refractivity contribution in [1.82, 2.24) is 0 Å². The molecule has 2 heteroatoms. The fraction of sp³-hybridized carbons (Fsp3) is 0.714. The maximum Gasteiger partial charge on any atom is 0.0935 e. The minimum atomic E-state index is -0.188. The Hall–Kier alpha value is -0.760. The quantitative estimate of drug-likeness (QED) is 0.847. The molecule has 1 aromatic heterocycles. The van der Waals surface area contributed by atoms with Crippen molar-refractivity contribution in [3.8, 4) is 0 Å². The lowest BCUT2D eigenvalue weighted by Gasteiger charge is -2.31. The Bertz CT molecular complexity index is 292. The van der Waals surface area contributed by atoms with Crippen molar-refractivity contribution < 1.29 is 9.52 Å². The van der Waals surface area contributed by atoms with Crippen molar-refractivity contribution in [2.24, 2.45) is 11.8 Å². The van der Waals surface area contributed by atoms with Gasteiger partial charge in [-0.3, -0.25) is 0 Å². The summed E-state index contributed by atoms with van der Waals surface area (Å²) < 4.78 is 5.03. The van der Waals surface area contributed by atoms with E-state index in [1.165, 1.54) is 32.1 Å². The van der Waals surface area contributed by atoms with Crippen LogP contribution in [0.5, 0.6) is 0 Å². The Morgan fingerprint density at radius 3 is 3.06 bits per heavy atom. The van der Waals surface area contributed by atoms with Gasteiger partial charge in [-0.2, -0.15) is 0 Å². The summed E-state index contributed by atoms with van der Waals surface area (Å²) in [6.45, 7) is 2.26. The van der Waals surface area contributed by atoms with Gasteiger partial charge < -0.3 is 9.52 Å². The van der Waals surface area contributed by atoms with Crippen LogP contribution in [0.3, 0.4) is 0 Å². The van der Waals surface area contributed by atoms with Crippen molar-refractivity contribution >= 4 is 0 Å². The maximum absolute atomic E-state index is 10.2. The highest BCUT2D eigenvalue weighted by molar-refractivity contribution is 5.07. The first kappa shape index (κ1) is 11.7. The molecule has 2 nitrogen and oxygen atoms in total. The molecule has 1 aliphatic carbocycles. The lowest BCUT2D eigenvalue weighted by atomic mass is 9.76. The second-order valence-electron chi connectivity index (χ2n) is 5.10. The van der Waals surface area contributed by atoms with Gasteiger partial charge in [-0.05, 0) is 36.3 Å². The summed E-state index contributed by atoms with van der Waals surface area (Å²) in [6, 6.07) is 1.95. The van der Waals surface area contributed by atoms with E-state index in [0.717, 1.165) is 17.9 Å². The van der Waals surface area contributed by atoms with Gasteiger partial charge in [-0.25, -0.2) is 0 Å². The molecular formula is C14H22O2. The average Bonchev–Trinajstić information content (AvgIpc) is 2.82. The zero-order valence-corrected chi connectivity index (χ0v) is 10.1. The van der Waals surface area contributed by atoms with E-state index in [-0.39, 0.29) is 6.10 Å². The fourth-order valence-corrected chi connectivity index (χ4v) is 2.87. The molecule has 0 spiro atoms. The van der Waals surface area contributed by atoms with Gasteiger partial charge in [0.15, 0.2) is 0 Å². The molecule has 2 rings (SSSR count). The summed E-state index contributed by atoms with van der Waals surface area (Å²) in [5.74, 6) is 1.33. The molecule has 0 radical (unpaired) electrons. The molecule has 1 aromatic rings. The highest BCUT2D eigenvalue weighted by atomic mass is 16.3. The van der Waals surface area contributed by atoms with Gasteiger partial charge in [0.05, 0.1) is 18.6 Å². The number of hydrogen-bond acceptors (Lipinski definition) is 2. The maximum atomic E-state index is 10.2. The second kappa shape index (κ2) is 5.53. The molecule has 16 heavy (non-hydrogen) atoms. The Morgan fingerprint density at radius 1 is 1.50 bits per heavy atom. The molecule has 1 N–H and O–H groups in total. The molecule has 1 heterocycles. The lowest BCUT2D eigenvalue weighted by molar-refractivity contribution is 0.0684. The van der Waals surface area contributed by atoms with E-state index in [0.29, 0.717) is 5.92 Å². The standard InChI is InChI=1S/C14H22O2/c1-2-11-4-3-5-13(8-11)14(15)9-12-6-7-16-10-12/h6-7,10-11,13-15H,2-5,8-9H2,1H3. The largest absolute Gasteiger partial charge is 0.472 e.